The van der Waals surface area contributed by atoms with Gasteiger partial charge in [0.15, 0.2) is 0 Å². The molecule has 1 fully saturated rings. The fraction of sp³-hybridized carbons (Fsp3) is 0.632. The molecule has 2 aromatic heterocycles. The van der Waals surface area contributed by atoms with E-state index in [1.54, 1.807) is 0 Å². The topological polar surface area (TPSA) is 107 Å². The van der Waals surface area contributed by atoms with Gasteiger partial charge in [0.25, 0.3) is 0 Å². The molecular weight excluding hydrogens is 346 g/mol. The van der Waals surface area contributed by atoms with Crippen LogP contribution in [0.1, 0.15) is 46.8 Å². The monoisotopic (exact) mass is 375 g/mol. The highest BCUT2D eigenvalue weighted by atomic mass is 16.5. The summed E-state index contributed by atoms with van der Waals surface area (Å²) in [6.07, 6.45) is 1.11. The predicted molar refractivity (Wildman–Crippen MR) is 100 cm³/mol. The summed E-state index contributed by atoms with van der Waals surface area (Å²) in [5.41, 5.74) is 5.04. The van der Waals surface area contributed by atoms with Crippen LogP contribution in [-0.4, -0.2) is 56.5 Å². The number of aliphatic hydroxyl groups excluding tert-OH is 1. The van der Waals surface area contributed by atoms with Gasteiger partial charge in [-0.05, 0) is 39.7 Å². The van der Waals surface area contributed by atoms with Crippen LogP contribution in [0.3, 0.4) is 0 Å². The number of rotatable bonds is 6. The highest BCUT2D eigenvalue weighted by Crippen LogP contribution is 2.19. The van der Waals surface area contributed by atoms with E-state index in [0.29, 0.717) is 25.9 Å². The van der Waals surface area contributed by atoms with E-state index >= 15 is 0 Å². The van der Waals surface area contributed by atoms with Crippen molar-refractivity contribution in [1.82, 2.24) is 25.6 Å². The number of hydrogen-bond acceptors (Lipinski definition) is 6. The first-order valence-electron chi connectivity index (χ1n) is 9.47. The molecule has 3 rings (SSSR count). The van der Waals surface area contributed by atoms with Gasteiger partial charge in [0.05, 0.1) is 23.5 Å². The van der Waals surface area contributed by atoms with Crippen LogP contribution in [0, 0.1) is 27.7 Å². The number of aryl methyl sites for hydroxylation is 4. The lowest BCUT2D eigenvalue weighted by molar-refractivity contribution is -0.123. The highest BCUT2D eigenvalue weighted by molar-refractivity contribution is 5.76. The molecule has 0 aliphatic carbocycles. The summed E-state index contributed by atoms with van der Waals surface area (Å²) in [5, 5.41) is 24.6. The van der Waals surface area contributed by atoms with Crippen LogP contribution in [0.4, 0.5) is 0 Å². The van der Waals surface area contributed by atoms with Gasteiger partial charge in [0.1, 0.15) is 5.76 Å². The minimum absolute atomic E-state index is 0.0433. The Bertz CT molecular complexity index is 778. The van der Waals surface area contributed by atoms with Gasteiger partial charge < -0.3 is 14.9 Å². The van der Waals surface area contributed by atoms with Crippen LogP contribution in [-0.2, 0) is 17.8 Å². The predicted octanol–water partition coefficient (Wildman–Crippen LogP) is 1.32. The molecule has 27 heavy (non-hydrogen) atoms. The van der Waals surface area contributed by atoms with E-state index in [4.69, 9.17) is 4.52 Å². The summed E-state index contributed by atoms with van der Waals surface area (Å²) >= 11 is 0. The van der Waals surface area contributed by atoms with Gasteiger partial charge in [-0.3, -0.25) is 14.8 Å². The second kappa shape index (κ2) is 8.22. The number of likely N-dealkylation sites (tertiary alicyclic amines) is 1. The molecule has 8 nitrogen and oxygen atoms in total. The normalized spacial score (nSPS) is 20.8. The second-order valence-corrected chi connectivity index (χ2v) is 7.49. The summed E-state index contributed by atoms with van der Waals surface area (Å²) in [7, 11) is 0. The Balaban J connectivity index is 1.47. The third-order valence-corrected chi connectivity index (χ3v) is 5.52. The van der Waals surface area contributed by atoms with Gasteiger partial charge in [-0.25, -0.2) is 0 Å². The number of aromatic amines is 1. The lowest BCUT2D eigenvalue weighted by Crippen LogP contribution is -2.53. The Hall–Kier alpha value is -2.19. The number of aliphatic hydroxyl groups is 1. The first kappa shape index (κ1) is 19.6. The van der Waals surface area contributed by atoms with Gasteiger partial charge in [-0.1, -0.05) is 5.16 Å². The fourth-order valence-electron chi connectivity index (χ4n) is 3.55. The van der Waals surface area contributed by atoms with Crippen LogP contribution < -0.4 is 5.32 Å². The molecule has 3 N–H and O–H groups in total. The third-order valence-electron chi connectivity index (χ3n) is 5.52. The average molecular weight is 375 g/mol. The smallest absolute Gasteiger partial charge is 0.220 e. The first-order valence-corrected chi connectivity index (χ1v) is 9.47. The number of β-amino-alcohol motifs (C(OH)–C–C–N with tert-alkyl or cyclic N) is 1. The maximum absolute atomic E-state index is 12.3. The molecule has 0 aromatic carbocycles. The molecule has 2 aromatic rings. The van der Waals surface area contributed by atoms with Crippen molar-refractivity contribution < 1.29 is 14.4 Å². The van der Waals surface area contributed by atoms with Gasteiger partial charge >= 0.3 is 0 Å². The molecule has 1 amide bonds. The molecule has 3 heterocycles. The summed E-state index contributed by atoms with van der Waals surface area (Å²) < 4.78 is 5.21. The Morgan fingerprint density at radius 2 is 2.15 bits per heavy atom. The number of hydrogen-bond donors (Lipinski definition) is 3. The summed E-state index contributed by atoms with van der Waals surface area (Å²) in [6, 6.07) is -0.208. The van der Waals surface area contributed by atoms with E-state index in [-0.39, 0.29) is 11.9 Å². The maximum Gasteiger partial charge on any atom is 0.220 e. The Morgan fingerprint density at radius 3 is 2.74 bits per heavy atom. The van der Waals surface area contributed by atoms with Crippen LogP contribution in [0.25, 0.3) is 0 Å². The molecule has 1 aliphatic rings. The summed E-state index contributed by atoms with van der Waals surface area (Å²) in [4.78, 5) is 14.5. The molecule has 148 valence electrons. The number of aromatic nitrogens is 3. The van der Waals surface area contributed by atoms with E-state index in [1.807, 2.05) is 27.7 Å². The molecule has 8 heteroatoms. The largest absolute Gasteiger partial charge is 0.390 e. The lowest BCUT2D eigenvalue weighted by atomic mass is 10.0. The van der Waals surface area contributed by atoms with E-state index in [0.717, 1.165) is 46.9 Å². The van der Waals surface area contributed by atoms with Crippen molar-refractivity contribution in [3.05, 3.63) is 34.0 Å². The minimum atomic E-state index is -0.586. The number of H-pyrrole nitrogens is 1. The average Bonchev–Trinajstić information content (AvgIpc) is 3.12. The van der Waals surface area contributed by atoms with Crippen molar-refractivity contribution in [1.29, 1.82) is 0 Å². The van der Waals surface area contributed by atoms with Gasteiger partial charge in [0.2, 0.25) is 5.91 Å². The summed E-state index contributed by atoms with van der Waals surface area (Å²) in [6.45, 7) is 9.84. The number of carbonyl (C=O) groups excluding carboxylic acids is 1. The molecule has 0 saturated carbocycles. The molecular formula is C19H29N5O3. The van der Waals surface area contributed by atoms with E-state index in [9.17, 15) is 9.90 Å². The Kier molecular flexibility index (Phi) is 5.96. The Labute approximate surface area is 159 Å². The molecule has 0 bridgehead atoms. The SMILES string of the molecule is Cc1noc(C)c1CN1CC[C@@H](NC(=O)CCc2n[nH]c(C)c2C)[C@H](O)C1. The molecule has 0 radical (unpaired) electrons. The van der Waals surface area contributed by atoms with Crippen LogP contribution in [0.15, 0.2) is 4.52 Å². The zero-order chi connectivity index (χ0) is 19.6. The zero-order valence-corrected chi connectivity index (χ0v) is 16.5. The number of carbonyl (C=O) groups is 1. The van der Waals surface area contributed by atoms with E-state index < -0.39 is 6.10 Å². The maximum atomic E-state index is 12.3. The zero-order valence-electron chi connectivity index (χ0n) is 16.5. The molecule has 1 aliphatic heterocycles. The molecule has 2 atom stereocenters. The lowest BCUT2D eigenvalue weighted by Gasteiger charge is -2.36. The molecule has 0 spiro atoms. The fourth-order valence-corrected chi connectivity index (χ4v) is 3.55. The van der Waals surface area contributed by atoms with Crippen LogP contribution in [0.2, 0.25) is 0 Å². The van der Waals surface area contributed by atoms with Gasteiger partial charge in [0, 0.05) is 43.7 Å². The molecule has 1 saturated heterocycles. The minimum Gasteiger partial charge on any atom is -0.390 e. The van der Waals surface area contributed by atoms with Crippen LogP contribution >= 0.6 is 0 Å². The van der Waals surface area contributed by atoms with Gasteiger partial charge in [-0.2, -0.15) is 5.10 Å². The second-order valence-electron chi connectivity index (χ2n) is 7.49. The van der Waals surface area contributed by atoms with Crippen molar-refractivity contribution in [2.45, 2.75) is 65.6 Å². The Morgan fingerprint density at radius 1 is 1.37 bits per heavy atom. The van der Waals surface area contributed by atoms with E-state index in [1.165, 1.54) is 0 Å². The van der Waals surface area contributed by atoms with Crippen LogP contribution in [0.5, 0.6) is 0 Å². The highest BCUT2D eigenvalue weighted by Gasteiger charge is 2.29. The van der Waals surface area contributed by atoms with Gasteiger partial charge in [-0.15, -0.1) is 0 Å². The summed E-state index contributed by atoms with van der Waals surface area (Å²) in [5.74, 6) is 0.777. The van der Waals surface area contributed by atoms with Crippen molar-refractivity contribution in [3.8, 4) is 0 Å². The first-order chi connectivity index (χ1) is 12.8. The standard InChI is InChI=1S/C19H29N5O3/c1-11-12(2)21-22-16(11)5-6-19(26)20-17-7-8-24(10-18(17)25)9-15-13(3)23-27-14(15)4/h17-18,25H,5-10H2,1-4H3,(H,20,26)(H,21,22)/t17-,18-/m1/s1. The van der Waals surface area contributed by atoms with E-state index in [2.05, 4.69) is 25.6 Å². The number of nitrogens with one attached hydrogen (secondary N) is 2. The molecule has 0 unspecified atom stereocenters. The third kappa shape index (κ3) is 4.56. The van der Waals surface area contributed by atoms with Crippen molar-refractivity contribution in [2.75, 3.05) is 13.1 Å². The number of amides is 1. The van der Waals surface area contributed by atoms with Crippen molar-refractivity contribution in [2.24, 2.45) is 0 Å². The van der Waals surface area contributed by atoms with Crippen molar-refractivity contribution >= 4 is 5.91 Å². The van der Waals surface area contributed by atoms with Crippen molar-refractivity contribution in [3.63, 3.8) is 0 Å². The quantitative estimate of drug-likeness (QED) is 0.703. The number of nitrogens with zero attached hydrogens (tertiary/aromatic N) is 3. The number of piperidine rings is 1.